The van der Waals surface area contributed by atoms with E-state index in [4.69, 9.17) is 4.42 Å². The lowest BCUT2D eigenvalue weighted by molar-refractivity contribution is 0.0625. The topological polar surface area (TPSA) is 62.4 Å². The first kappa shape index (κ1) is 11.8. The Balaban J connectivity index is 1.66. The summed E-state index contributed by atoms with van der Waals surface area (Å²) >= 11 is 1.59. The van der Waals surface area contributed by atoms with Crippen molar-refractivity contribution in [3.05, 3.63) is 23.4 Å². The van der Waals surface area contributed by atoms with Crippen LogP contribution in [0.1, 0.15) is 18.7 Å². The second-order valence-electron chi connectivity index (χ2n) is 4.51. The van der Waals surface area contributed by atoms with Gasteiger partial charge in [0.1, 0.15) is 0 Å². The average Bonchev–Trinajstić information content (AvgIpc) is 2.98. The normalized spacial score (nSPS) is 21.3. The summed E-state index contributed by atoms with van der Waals surface area (Å²) in [7, 11) is 0. The van der Waals surface area contributed by atoms with Crippen LogP contribution in [0.4, 0.5) is 0 Å². The third-order valence-electron chi connectivity index (χ3n) is 3.04. The van der Waals surface area contributed by atoms with Gasteiger partial charge in [-0.05, 0) is 30.8 Å². The lowest BCUT2D eigenvalue weighted by Gasteiger charge is -2.28. The van der Waals surface area contributed by atoms with Crippen molar-refractivity contribution in [3.63, 3.8) is 0 Å². The second kappa shape index (κ2) is 5.17. The largest absolute Gasteiger partial charge is 0.419 e. The van der Waals surface area contributed by atoms with Gasteiger partial charge in [0.25, 0.3) is 5.89 Å². The third kappa shape index (κ3) is 2.60. The quantitative estimate of drug-likeness (QED) is 0.916. The molecule has 1 fully saturated rings. The fraction of sp³-hybridized carbons (Fsp3) is 0.500. The highest BCUT2D eigenvalue weighted by Gasteiger charge is 2.20. The smallest absolute Gasteiger partial charge is 0.257 e. The van der Waals surface area contributed by atoms with E-state index in [0.29, 0.717) is 24.9 Å². The minimum atomic E-state index is -0.224. The summed E-state index contributed by atoms with van der Waals surface area (Å²) in [6, 6.07) is 3.93. The molecule has 6 heteroatoms. The number of β-amino-alcohol motifs (C(OH)–C–C–N with tert-alkyl or cyclic N) is 1. The van der Waals surface area contributed by atoms with Gasteiger partial charge in [-0.2, -0.15) is 0 Å². The number of aromatic nitrogens is 2. The molecular formula is C12H15N3O2S. The molecule has 1 N–H and O–H groups in total. The van der Waals surface area contributed by atoms with Crippen LogP contribution in [-0.2, 0) is 6.54 Å². The number of nitrogens with zero attached hydrogens (tertiary/aromatic N) is 3. The molecule has 0 amide bonds. The van der Waals surface area contributed by atoms with E-state index in [9.17, 15) is 5.11 Å². The number of rotatable bonds is 3. The molecule has 2 aromatic heterocycles. The van der Waals surface area contributed by atoms with E-state index >= 15 is 0 Å². The highest BCUT2D eigenvalue weighted by Crippen LogP contribution is 2.23. The Morgan fingerprint density at radius 1 is 1.50 bits per heavy atom. The van der Waals surface area contributed by atoms with E-state index in [1.807, 2.05) is 17.5 Å². The van der Waals surface area contributed by atoms with Gasteiger partial charge in [0.2, 0.25) is 5.89 Å². The predicted molar refractivity (Wildman–Crippen MR) is 68.1 cm³/mol. The van der Waals surface area contributed by atoms with E-state index in [1.54, 1.807) is 11.3 Å². The molecule has 0 aliphatic carbocycles. The zero-order valence-electron chi connectivity index (χ0n) is 9.95. The lowest BCUT2D eigenvalue weighted by atomic mass is 10.1. The van der Waals surface area contributed by atoms with Gasteiger partial charge in [0.05, 0.1) is 17.5 Å². The number of aliphatic hydroxyl groups is 1. The van der Waals surface area contributed by atoms with Gasteiger partial charge in [-0.3, -0.25) is 4.90 Å². The van der Waals surface area contributed by atoms with Crippen molar-refractivity contribution in [2.75, 3.05) is 13.1 Å². The molecule has 3 heterocycles. The van der Waals surface area contributed by atoms with E-state index in [1.165, 1.54) is 0 Å². The van der Waals surface area contributed by atoms with Crippen LogP contribution in [0, 0.1) is 0 Å². The minimum absolute atomic E-state index is 0.224. The Morgan fingerprint density at radius 3 is 3.22 bits per heavy atom. The molecule has 1 saturated heterocycles. The van der Waals surface area contributed by atoms with Crippen molar-refractivity contribution in [1.29, 1.82) is 0 Å². The molecule has 0 radical (unpaired) electrons. The summed E-state index contributed by atoms with van der Waals surface area (Å²) in [5, 5.41) is 19.7. The van der Waals surface area contributed by atoms with Crippen molar-refractivity contribution in [3.8, 4) is 10.8 Å². The second-order valence-corrected chi connectivity index (χ2v) is 5.46. The van der Waals surface area contributed by atoms with E-state index in [0.717, 1.165) is 24.3 Å². The van der Waals surface area contributed by atoms with Crippen LogP contribution >= 0.6 is 11.3 Å². The Hall–Kier alpha value is -1.24. The first-order chi connectivity index (χ1) is 8.81. The molecule has 1 aliphatic rings. The maximum Gasteiger partial charge on any atom is 0.257 e. The molecule has 18 heavy (non-hydrogen) atoms. The molecular weight excluding hydrogens is 250 g/mol. The highest BCUT2D eigenvalue weighted by atomic mass is 32.1. The summed E-state index contributed by atoms with van der Waals surface area (Å²) in [4.78, 5) is 3.15. The molecule has 96 valence electrons. The minimum Gasteiger partial charge on any atom is -0.419 e. The molecule has 1 aliphatic heterocycles. The maximum absolute atomic E-state index is 9.61. The van der Waals surface area contributed by atoms with E-state index < -0.39 is 0 Å². The van der Waals surface area contributed by atoms with Crippen molar-refractivity contribution in [2.45, 2.75) is 25.5 Å². The fourth-order valence-electron chi connectivity index (χ4n) is 2.18. The van der Waals surface area contributed by atoms with Gasteiger partial charge in [0.15, 0.2) is 0 Å². The Morgan fingerprint density at radius 2 is 2.44 bits per heavy atom. The van der Waals surface area contributed by atoms with Crippen molar-refractivity contribution in [2.24, 2.45) is 0 Å². The van der Waals surface area contributed by atoms with Crippen LogP contribution in [0.2, 0.25) is 0 Å². The SMILES string of the molecule is OC1CCCN(Cc2nnc(-c3cccs3)o2)C1. The summed E-state index contributed by atoms with van der Waals surface area (Å²) in [6.45, 7) is 2.29. The van der Waals surface area contributed by atoms with E-state index in [2.05, 4.69) is 15.1 Å². The van der Waals surface area contributed by atoms with E-state index in [-0.39, 0.29) is 6.10 Å². The average molecular weight is 265 g/mol. The van der Waals surface area contributed by atoms with Gasteiger partial charge in [0, 0.05) is 6.54 Å². The van der Waals surface area contributed by atoms with Crippen LogP contribution in [0.25, 0.3) is 10.8 Å². The van der Waals surface area contributed by atoms with Crippen LogP contribution in [0.3, 0.4) is 0 Å². The first-order valence-corrected chi connectivity index (χ1v) is 6.96. The molecule has 1 unspecified atom stereocenters. The predicted octanol–water partition coefficient (Wildman–Crippen LogP) is 1.75. The van der Waals surface area contributed by atoms with Gasteiger partial charge in [-0.15, -0.1) is 21.5 Å². The number of piperidine rings is 1. The molecule has 0 spiro atoms. The van der Waals surface area contributed by atoms with Crippen LogP contribution in [0.5, 0.6) is 0 Å². The molecule has 1 atom stereocenters. The molecule has 2 aromatic rings. The molecule has 3 rings (SSSR count). The highest BCUT2D eigenvalue weighted by molar-refractivity contribution is 7.13. The Kier molecular flexibility index (Phi) is 3.40. The number of thiophene rings is 1. The molecule has 5 nitrogen and oxygen atoms in total. The van der Waals surface area contributed by atoms with Crippen molar-refractivity contribution in [1.82, 2.24) is 15.1 Å². The summed E-state index contributed by atoms with van der Waals surface area (Å²) in [6.07, 6.45) is 1.69. The Bertz CT molecular complexity index is 497. The number of hydrogen-bond donors (Lipinski definition) is 1. The molecule has 0 saturated carbocycles. The van der Waals surface area contributed by atoms with Gasteiger partial charge >= 0.3 is 0 Å². The van der Waals surface area contributed by atoms with Crippen LogP contribution < -0.4 is 0 Å². The summed E-state index contributed by atoms with van der Waals surface area (Å²) < 4.78 is 5.63. The molecule has 0 aromatic carbocycles. The van der Waals surface area contributed by atoms with Crippen LogP contribution in [0.15, 0.2) is 21.9 Å². The number of likely N-dealkylation sites (tertiary alicyclic amines) is 1. The zero-order valence-corrected chi connectivity index (χ0v) is 10.8. The fourth-order valence-corrected chi connectivity index (χ4v) is 2.83. The third-order valence-corrected chi connectivity index (χ3v) is 3.90. The summed E-state index contributed by atoms with van der Waals surface area (Å²) in [5.74, 6) is 1.20. The number of aliphatic hydroxyl groups excluding tert-OH is 1. The lowest BCUT2D eigenvalue weighted by Crippen LogP contribution is -2.37. The van der Waals surface area contributed by atoms with Gasteiger partial charge < -0.3 is 9.52 Å². The van der Waals surface area contributed by atoms with Gasteiger partial charge in [-0.25, -0.2) is 0 Å². The van der Waals surface area contributed by atoms with Crippen LogP contribution in [-0.4, -0.2) is 39.4 Å². The maximum atomic E-state index is 9.61. The number of hydrogen-bond acceptors (Lipinski definition) is 6. The molecule has 0 bridgehead atoms. The van der Waals surface area contributed by atoms with Crippen molar-refractivity contribution < 1.29 is 9.52 Å². The van der Waals surface area contributed by atoms with Crippen molar-refractivity contribution >= 4 is 11.3 Å². The first-order valence-electron chi connectivity index (χ1n) is 6.08. The zero-order chi connectivity index (χ0) is 12.4. The monoisotopic (exact) mass is 265 g/mol. The Labute approximate surface area is 109 Å². The standard InChI is InChI=1S/C12H15N3O2S/c16-9-3-1-5-15(7-9)8-11-13-14-12(17-11)10-4-2-6-18-10/h2,4,6,9,16H,1,3,5,7-8H2. The van der Waals surface area contributed by atoms with Gasteiger partial charge in [-0.1, -0.05) is 6.07 Å². The summed E-state index contributed by atoms with van der Waals surface area (Å²) in [5.41, 5.74) is 0.